The van der Waals surface area contributed by atoms with Crippen LogP contribution in [0.3, 0.4) is 0 Å². The topological polar surface area (TPSA) is 26.3 Å². The van der Waals surface area contributed by atoms with E-state index in [0.29, 0.717) is 5.92 Å². The van der Waals surface area contributed by atoms with Crippen molar-refractivity contribution in [2.24, 2.45) is 5.92 Å². The minimum atomic E-state index is -0.682. The molecule has 1 aliphatic rings. The number of carbonyl (C=O) groups excluding carboxylic acids is 1. The molecule has 0 radical (unpaired) electrons. The van der Waals surface area contributed by atoms with Crippen molar-refractivity contribution in [3.05, 3.63) is 34.6 Å². The predicted molar refractivity (Wildman–Crippen MR) is 77.5 cm³/mol. The normalized spacial score (nSPS) is 26.5. The maximum Gasteiger partial charge on any atom is 0.168 e. The molecule has 0 N–H and O–H groups in total. The number of halogens is 2. The fourth-order valence-corrected chi connectivity index (χ4v) is 3.25. The van der Waals surface area contributed by atoms with Crippen LogP contribution in [0, 0.1) is 11.7 Å². The van der Waals surface area contributed by atoms with Crippen molar-refractivity contribution in [1.29, 1.82) is 0 Å². The first-order valence-electron chi connectivity index (χ1n) is 6.99. The van der Waals surface area contributed by atoms with Crippen LogP contribution in [0.5, 0.6) is 0 Å². The SMILES string of the molecule is COC1(C(=O)Cc2ccc(F)c(Cl)c2)CCCC(C)C1. The van der Waals surface area contributed by atoms with E-state index in [0.717, 1.165) is 31.2 Å². The quantitative estimate of drug-likeness (QED) is 0.833. The van der Waals surface area contributed by atoms with E-state index >= 15 is 0 Å². The summed E-state index contributed by atoms with van der Waals surface area (Å²) < 4.78 is 18.7. The molecule has 0 amide bonds. The second-order valence-corrected chi connectivity index (χ2v) is 6.16. The molecule has 0 saturated heterocycles. The Morgan fingerprint density at radius 2 is 2.30 bits per heavy atom. The Hall–Kier alpha value is -0.930. The number of hydrogen-bond acceptors (Lipinski definition) is 2. The molecule has 0 aliphatic heterocycles. The molecule has 1 aromatic rings. The highest BCUT2D eigenvalue weighted by atomic mass is 35.5. The number of carbonyl (C=O) groups is 1. The molecule has 2 nitrogen and oxygen atoms in total. The van der Waals surface area contributed by atoms with Crippen molar-refractivity contribution < 1.29 is 13.9 Å². The monoisotopic (exact) mass is 298 g/mol. The van der Waals surface area contributed by atoms with Gasteiger partial charge in [0.15, 0.2) is 5.78 Å². The molecule has 4 heteroatoms. The number of rotatable bonds is 4. The lowest BCUT2D eigenvalue weighted by Gasteiger charge is -2.37. The van der Waals surface area contributed by atoms with Gasteiger partial charge < -0.3 is 4.74 Å². The van der Waals surface area contributed by atoms with Crippen molar-refractivity contribution in [3.63, 3.8) is 0 Å². The minimum absolute atomic E-state index is 0.0544. The second kappa shape index (κ2) is 6.23. The van der Waals surface area contributed by atoms with Gasteiger partial charge in [0.05, 0.1) is 5.02 Å². The van der Waals surface area contributed by atoms with E-state index < -0.39 is 11.4 Å². The van der Waals surface area contributed by atoms with Crippen molar-refractivity contribution >= 4 is 17.4 Å². The molecular weight excluding hydrogens is 279 g/mol. The van der Waals surface area contributed by atoms with Gasteiger partial charge in [0.25, 0.3) is 0 Å². The Bertz CT molecular complexity index is 503. The zero-order valence-corrected chi connectivity index (χ0v) is 12.7. The molecule has 2 rings (SSSR count). The van der Waals surface area contributed by atoms with Crippen LogP contribution in [0.15, 0.2) is 18.2 Å². The van der Waals surface area contributed by atoms with Crippen molar-refractivity contribution in [1.82, 2.24) is 0 Å². The van der Waals surface area contributed by atoms with E-state index in [1.165, 1.54) is 12.1 Å². The highest BCUT2D eigenvalue weighted by Gasteiger charge is 2.41. The third kappa shape index (κ3) is 3.21. The molecule has 20 heavy (non-hydrogen) atoms. The van der Waals surface area contributed by atoms with Crippen LogP contribution in [-0.2, 0) is 16.0 Å². The number of hydrogen-bond donors (Lipinski definition) is 0. The maximum absolute atomic E-state index is 13.1. The molecule has 110 valence electrons. The summed E-state index contributed by atoms with van der Waals surface area (Å²) in [6.45, 7) is 2.15. The highest BCUT2D eigenvalue weighted by molar-refractivity contribution is 6.30. The van der Waals surface area contributed by atoms with E-state index in [1.807, 2.05) is 0 Å². The van der Waals surface area contributed by atoms with E-state index in [4.69, 9.17) is 16.3 Å². The Labute approximate surface area is 124 Å². The summed E-state index contributed by atoms with van der Waals surface area (Å²) in [6, 6.07) is 4.42. The summed E-state index contributed by atoms with van der Waals surface area (Å²) in [4.78, 5) is 12.6. The predicted octanol–water partition coefficient (Wildman–Crippen LogP) is 4.19. The van der Waals surface area contributed by atoms with Gasteiger partial charge in [0.2, 0.25) is 0 Å². The zero-order valence-electron chi connectivity index (χ0n) is 11.9. The summed E-state index contributed by atoms with van der Waals surface area (Å²) in [5.74, 6) is 0.0919. The number of benzene rings is 1. The van der Waals surface area contributed by atoms with Gasteiger partial charge in [0, 0.05) is 13.5 Å². The van der Waals surface area contributed by atoms with Crippen molar-refractivity contribution in [3.8, 4) is 0 Å². The standard InChI is InChI=1S/C16H20ClFO2/c1-11-4-3-7-16(10-11,20-2)15(19)9-12-5-6-14(18)13(17)8-12/h5-6,8,11H,3-4,7,9-10H2,1-2H3. The van der Waals surface area contributed by atoms with Gasteiger partial charge in [-0.2, -0.15) is 0 Å². The second-order valence-electron chi connectivity index (χ2n) is 5.75. The summed E-state index contributed by atoms with van der Waals surface area (Å²) in [5, 5.41) is 0.0544. The molecule has 1 aliphatic carbocycles. The lowest BCUT2D eigenvalue weighted by Crippen LogP contribution is -2.45. The van der Waals surface area contributed by atoms with Gasteiger partial charge in [-0.15, -0.1) is 0 Å². The van der Waals surface area contributed by atoms with Crippen molar-refractivity contribution in [2.75, 3.05) is 7.11 Å². The Morgan fingerprint density at radius 3 is 2.90 bits per heavy atom. The van der Waals surface area contributed by atoms with Crippen LogP contribution in [0.2, 0.25) is 5.02 Å². The zero-order chi connectivity index (χ0) is 14.8. The van der Waals surface area contributed by atoms with Crippen LogP contribution in [-0.4, -0.2) is 18.5 Å². The number of ether oxygens (including phenoxy) is 1. The first kappa shape index (κ1) is 15.5. The van der Waals surface area contributed by atoms with Gasteiger partial charge in [-0.25, -0.2) is 4.39 Å². The average molecular weight is 299 g/mol. The van der Waals surface area contributed by atoms with Gasteiger partial charge in [-0.05, 0) is 42.9 Å². The number of Topliss-reactive ketones (excluding diaryl/α,β-unsaturated/α-hetero) is 1. The number of ketones is 1. The van der Waals surface area contributed by atoms with E-state index in [1.54, 1.807) is 13.2 Å². The van der Waals surface area contributed by atoms with E-state index in [9.17, 15) is 9.18 Å². The summed E-state index contributed by atoms with van der Waals surface area (Å²) >= 11 is 5.76. The number of methoxy groups -OCH3 is 1. The summed E-state index contributed by atoms with van der Waals surface area (Å²) in [5.41, 5.74) is 0.0504. The van der Waals surface area contributed by atoms with Crippen LogP contribution >= 0.6 is 11.6 Å². The molecule has 2 atom stereocenters. The molecule has 1 fully saturated rings. The van der Waals surface area contributed by atoms with Crippen LogP contribution in [0.25, 0.3) is 0 Å². The van der Waals surface area contributed by atoms with E-state index in [-0.39, 0.29) is 17.2 Å². The maximum atomic E-state index is 13.1. The lowest BCUT2D eigenvalue weighted by atomic mass is 9.75. The summed E-state index contributed by atoms with van der Waals surface area (Å²) in [7, 11) is 1.60. The van der Waals surface area contributed by atoms with Gasteiger partial charge in [0.1, 0.15) is 11.4 Å². The Morgan fingerprint density at radius 1 is 1.55 bits per heavy atom. The molecule has 1 aromatic carbocycles. The minimum Gasteiger partial charge on any atom is -0.370 e. The lowest BCUT2D eigenvalue weighted by molar-refractivity contribution is -0.146. The first-order chi connectivity index (χ1) is 9.47. The Balaban J connectivity index is 2.14. The fourth-order valence-electron chi connectivity index (χ4n) is 3.05. The molecule has 1 saturated carbocycles. The smallest absolute Gasteiger partial charge is 0.168 e. The molecule has 2 unspecified atom stereocenters. The molecule has 0 spiro atoms. The summed E-state index contributed by atoms with van der Waals surface area (Å²) in [6.07, 6.45) is 3.91. The van der Waals surface area contributed by atoms with Crippen LogP contribution in [0.1, 0.15) is 38.2 Å². The molecule has 0 heterocycles. The Kier molecular flexibility index (Phi) is 4.82. The van der Waals surface area contributed by atoms with Crippen LogP contribution < -0.4 is 0 Å². The van der Waals surface area contributed by atoms with E-state index in [2.05, 4.69) is 6.92 Å². The van der Waals surface area contributed by atoms with Gasteiger partial charge >= 0.3 is 0 Å². The van der Waals surface area contributed by atoms with Gasteiger partial charge in [-0.1, -0.05) is 31.0 Å². The third-order valence-electron chi connectivity index (χ3n) is 4.20. The highest BCUT2D eigenvalue weighted by Crippen LogP contribution is 2.36. The molecule has 0 bridgehead atoms. The fraction of sp³-hybridized carbons (Fsp3) is 0.562. The molecule has 0 aromatic heterocycles. The van der Waals surface area contributed by atoms with Crippen molar-refractivity contribution in [2.45, 2.75) is 44.6 Å². The van der Waals surface area contributed by atoms with Crippen LogP contribution in [0.4, 0.5) is 4.39 Å². The third-order valence-corrected chi connectivity index (χ3v) is 4.49. The average Bonchev–Trinajstić information content (AvgIpc) is 2.42. The van der Waals surface area contributed by atoms with Gasteiger partial charge in [-0.3, -0.25) is 4.79 Å². The molecular formula is C16H20ClFO2. The first-order valence-corrected chi connectivity index (χ1v) is 7.37. The largest absolute Gasteiger partial charge is 0.370 e.